The van der Waals surface area contributed by atoms with Crippen LogP contribution in [0.4, 0.5) is 5.69 Å². The molecule has 0 aliphatic rings. The minimum Gasteiger partial charge on any atom is -0.481 e. The van der Waals surface area contributed by atoms with Gasteiger partial charge in [0.2, 0.25) is 0 Å². The molecule has 0 aliphatic heterocycles. The summed E-state index contributed by atoms with van der Waals surface area (Å²) in [6.07, 6.45) is 1.45. The van der Waals surface area contributed by atoms with Crippen LogP contribution in [-0.4, -0.2) is 18.3 Å². The van der Waals surface area contributed by atoms with Crippen molar-refractivity contribution in [3.8, 4) is 5.75 Å². The first-order valence-corrected chi connectivity index (χ1v) is 8.47. The Morgan fingerprint density at radius 2 is 1.76 bits per heavy atom. The van der Waals surface area contributed by atoms with E-state index >= 15 is 0 Å². The van der Waals surface area contributed by atoms with Crippen LogP contribution < -0.4 is 10.1 Å². The number of hydrogen-bond donors (Lipinski definition) is 1. The summed E-state index contributed by atoms with van der Waals surface area (Å²) in [5.74, 6) is 0.494. The molecule has 0 saturated carbocycles. The first kappa shape index (κ1) is 15.9. The van der Waals surface area contributed by atoms with Gasteiger partial charge in [0.15, 0.2) is 6.10 Å². The molecule has 3 nitrogen and oxygen atoms in total. The third-order valence-electron chi connectivity index (χ3n) is 2.85. The molecule has 0 radical (unpaired) electrons. The zero-order valence-corrected chi connectivity index (χ0v) is 14.2. The molecule has 2 aromatic rings. The number of benzene rings is 2. The van der Waals surface area contributed by atoms with Crippen molar-refractivity contribution in [3.63, 3.8) is 0 Å². The molecule has 21 heavy (non-hydrogen) atoms. The molecule has 0 aromatic heterocycles. The zero-order chi connectivity index (χ0) is 15.2. The van der Waals surface area contributed by atoms with Gasteiger partial charge in [-0.25, -0.2) is 0 Å². The maximum Gasteiger partial charge on any atom is 0.265 e. The molecule has 0 bridgehead atoms. The largest absolute Gasteiger partial charge is 0.481 e. The van der Waals surface area contributed by atoms with Gasteiger partial charge in [0.05, 0.1) is 0 Å². The fourth-order valence-corrected chi connectivity index (χ4v) is 2.36. The van der Waals surface area contributed by atoms with Crippen molar-refractivity contribution in [3.05, 3.63) is 53.0 Å². The van der Waals surface area contributed by atoms with Gasteiger partial charge in [-0.3, -0.25) is 4.79 Å². The van der Waals surface area contributed by atoms with Crippen molar-refractivity contribution in [1.82, 2.24) is 0 Å². The molecule has 0 spiro atoms. The fourth-order valence-electron chi connectivity index (χ4n) is 1.69. The molecule has 5 heteroatoms. The summed E-state index contributed by atoms with van der Waals surface area (Å²) in [6.45, 7) is 1.73. The normalized spacial score (nSPS) is 11.8. The third kappa shape index (κ3) is 4.79. The molecule has 0 fully saturated rings. The summed E-state index contributed by atoms with van der Waals surface area (Å²) in [4.78, 5) is 13.2. The highest BCUT2D eigenvalue weighted by atomic mass is 79.9. The molecule has 0 heterocycles. The van der Waals surface area contributed by atoms with Gasteiger partial charge in [-0.15, -0.1) is 11.8 Å². The molecule has 1 amide bonds. The van der Waals surface area contributed by atoms with Gasteiger partial charge >= 0.3 is 0 Å². The molecular formula is C16H16BrNO2S. The minimum absolute atomic E-state index is 0.171. The summed E-state index contributed by atoms with van der Waals surface area (Å²) in [5.41, 5.74) is 0.768. The standard InChI is InChI=1S/C16H16BrNO2S/c1-11(20-14-7-3-12(17)4-8-14)16(19)18-13-5-9-15(21-2)10-6-13/h3-11H,1-2H3,(H,18,19)/t11-/m1/s1. The molecule has 1 atom stereocenters. The van der Waals surface area contributed by atoms with Gasteiger partial charge in [-0.1, -0.05) is 15.9 Å². The van der Waals surface area contributed by atoms with Crippen LogP contribution >= 0.6 is 27.7 Å². The molecule has 110 valence electrons. The van der Waals surface area contributed by atoms with Crippen LogP contribution in [-0.2, 0) is 4.79 Å². The molecule has 1 N–H and O–H groups in total. The van der Waals surface area contributed by atoms with Crippen molar-refractivity contribution in [2.45, 2.75) is 17.9 Å². The number of ether oxygens (including phenoxy) is 1. The van der Waals surface area contributed by atoms with E-state index in [2.05, 4.69) is 21.2 Å². The summed E-state index contributed by atoms with van der Waals surface area (Å²) >= 11 is 5.02. The van der Waals surface area contributed by atoms with Crippen LogP contribution in [0.1, 0.15) is 6.92 Å². The smallest absolute Gasteiger partial charge is 0.265 e. The number of nitrogens with one attached hydrogen (secondary N) is 1. The summed E-state index contributed by atoms with van der Waals surface area (Å²) < 4.78 is 6.58. The average molecular weight is 366 g/mol. The molecule has 0 aliphatic carbocycles. The van der Waals surface area contributed by atoms with Crippen molar-refractivity contribution in [2.75, 3.05) is 11.6 Å². The second-order valence-electron chi connectivity index (χ2n) is 4.43. The van der Waals surface area contributed by atoms with Crippen LogP contribution in [0.3, 0.4) is 0 Å². The third-order valence-corrected chi connectivity index (χ3v) is 4.13. The lowest BCUT2D eigenvalue weighted by atomic mass is 10.3. The van der Waals surface area contributed by atoms with Gasteiger partial charge in [-0.2, -0.15) is 0 Å². The van der Waals surface area contributed by atoms with Crippen LogP contribution in [0.2, 0.25) is 0 Å². The molecular weight excluding hydrogens is 350 g/mol. The summed E-state index contributed by atoms with van der Waals surface area (Å²) in [7, 11) is 0. The number of hydrogen-bond acceptors (Lipinski definition) is 3. The topological polar surface area (TPSA) is 38.3 Å². The Morgan fingerprint density at radius 1 is 1.14 bits per heavy atom. The van der Waals surface area contributed by atoms with Crippen LogP contribution in [0.15, 0.2) is 57.9 Å². The quantitative estimate of drug-likeness (QED) is 0.788. The number of thioether (sulfide) groups is 1. The van der Waals surface area contributed by atoms with E-state index in [0.29, 0.717) is 5.75 Å². The SMILES string of the molecule is CSc1ccc(NC(=O)[C@@H](C)Oc2ccc(Br)cc2)cc1. The Labute approximate surface area is 137 Å². The lowest BCUT2D eigenvalue weighted by molar-refractivity contribution is -0.122. The van der Waals surface area contributed by atoms with Crippen LogP contribution in [0.5, 0.6) is 5.75 Å². The highest BCUT2D eigenvalue weighted by Crippen LogP contribution is 2.19. The number of amides is 1. The monoisotopic (exact) mass is 365 g/mol. The number of anilines is 1. The van der Waals surface area contributed by atoms with E-state index in [9.17, 15) is 4.79 Å². The van der Waals surface area contributed by atoms with Crippen molar-refractivity contribution < 1.29 is 9.53 Å². The number of halogens is 1. The highest BCUT2D eigenvalue weighted by molar-refractivity contribution is 9.10. The Balaban J connectivity index is 1.93. The Bertz CT molecular complexity index is 599. The Morgan fingerprint density at radius 3 is 2.33 bits per heavy atom. The van der Waals surface area contributed by atoms with E-state index in [1.165, 1.54) is 0 Å². The van der Waals surface area contributed by atoms with Crippen LogP contribution in [0.25, 0.3) is 0 Å². The maximum absolute atomic E-state index is 12.1. The van der Waals surface area contributed by atoms with Crippen molar-refractivity contribution in [2.24, 2.45) is 0 Å². The lowest BCUT2D eigenvalue weighted by Gasteiger charge is -2.15. The lowest BCUT2D eigenvalue weighted by Crippen LogP contribution is -2.30. The van der Waals surface area contributed by atoms with E-state index in [0.717, 1.165) is 15.1 Å². The Kier molecular flexibility index (Phi) is 5.70. The minimum atomic E-state index is -0.564. The second-order valence-corrected chi connectivity index (χ2v) is 6.23. The molecule has 2 aromatic carbocycles. The number of carbonyl (C=O) groups excluding carboxylic acids is 1. The Hall–Kier alpha value is -1.46. The predicted molar refractivity (Wildman–Crippen MR) is 91.1 cm³/mol. The second kappa shape index (κ2) is 7.52. The summed E-state index contributed by atoms with van der Waals surface area (Å²) in [6, 6.07) is 15.1. The zero-order valence-electron chi connectivity index (χ0n) is 11.8. The van der Waals surface area contributed by atoms with E-state index in [1.54, 1.807) is 18.7 Å². The summed E-state index contributed by atoms with van der Waals surface area (Å²) in [5, 5.41) is 2.84. The fraction of sp³-hybridized carbons (Fsp3) is 0.188. The first-order chi connectivity index (χ1) is 10.1. The van der Waals surface area contributed by atoms with Crippen molar-refractivity contribution >= 4 is 39.3 Å². The number of carbonyl (C=O) groups is 1. The van der Waals surface area contributed by atoms with Gasteiger partial charge < -0.3 is 10.1 Å². The molecule has 0 unspecified atom stereocenters. The first-order valence-electron chi connectivity index (χ1n) is 6.45. The average Bonchev–Trinajstić information content (AvgIpc) is 2.50. The number of rotatable bonds is 5. The maximum atomic E-state index is 12.1. The predicted octanol–water partition coefficient (Wildman–Crippen LogP) is 4.58. The van der Waals surface area contributed by atoms with Crippen LogP contribution in [0, 0.1) is 0 Å². The van der Waals surface area contributed by atoms with E-state index in [-0.39, 0.29) is 5.91 Å². The van der Waals surface area contributed by atoms with E-state index in [4.69, 9.17) is 4.74 Å². The highest BCUT2D eigenvalue weighted by Gasteiger charge is 2.14. The van der Waals surface area contributed by atoms with E-state index in [1.807, 2.05) is 54.8 Å². The van der Waals surface area contributed by atoms with Gasteiger partial charge in [0, 0.05) is 15.1 Å². The van der Waals surface area contributed by atoms with Gasteiger partial charge in [0.1, 0.15) is 5.75 Å². The van der Waals surface area contributed by atoms with Gasteiger partial charge in [-0.05, 0) is 61.7 Å². The van der Waals surface area contributed by atoms with Crippen molar-refractivity contribution in [1.29, 1.82) is 0 Å². The van der Waals surface area contributed by atoms with Gasteiger partial charge in [0.25, 0.3) is 5.91 Å². The molecule has 2 rings (SSSR count). The van der Waals surface area contributed by atoms with E-state index < -0.39 is 6.10 Å². The molecule has 0 saturated heterocycles.